The van der Waals surface area contributed by atoms with Crippen LogP contribution in [-0.4, -0.2) is 83.8 Å². The minimum absolute atomic E-state index is 0.202. The van der Waals surface area contributed by atoms with Crippen LogP contribution in [0.15, 0.2) is 30.5 Å². The highest BCUT2D eigenvalue weighted by atomic mass is 16.7. The summed E-state index contributed by atoms with van der Waals surface area (Å²) in [6.45, 7) is -0.554. The van der Waals surface area contributed by atoms with Gasteiger partial charge in [0.15, 0.2) is 5.69 Å². The molecule has 0 aliphatic carbocycles. The summed E-state index contributed by atoms with van der Waals surface area (Å²) in [5.74, 6) is -0.921. The molecule has 1 fully saturated rings. The quantitative estimate of drug-likeness (QED) is 0.404. The fourth-order valence-electron chi connectivity index (χ4n) is 2.46. The van der Waals surface area contributed by atoms with Crippen LogP contribution in [-0.2, 0) is 4.74 Å². The normalized spacial score (nSPS) is 28.7. The van der Waals surface area contributed by atoms with Crippen LogP contribution in [0, 0.1) is 0 Å². The summed E-state index contributed by atoms with van der Waals surface area (Å²) >= 11 is 0. The van der Waals surface area contributed by atoms with Crippen molar-refractivity contribution in [1.29, 1.82) is 0 Å². The predicted octanol–water partition coefficient (Wildman–Crippen LogP) is -1.86. The third-order valence-corrected chi connectivity index (χ3v) is 3.91. The molecule has 140 valence electrons. The van der Waals surface area contributed by atoms with Gasteiger partial charge in [0.25, 0.3) is 0 Å². The molecule has 1 aromatic heterocycles. The predicted molar refractivity (Wildman–Crippen MR) is 82.7 cm³/mol. The fourth-order valence-corrected chi connectivity index (χ4v) is 2.46. The molecule has 3 rings (SSSR count). The number of nitrogens with zero attached hydrogens (tertiary/aromatic N) is 3. The molecule has 1 aromatic carbocycles. The molecule has 0 saturated carbocycles. The van der Waals surface area contributed by atoms with Gasteiger partial charge >= 0.3 is 5.97 Å². The van der Waals surface area contributed by atoms with E-state index >= 15 is 0 Å². The molecule has 0 radical (unpaired) electrons. The van der Waals surface area contributed by atoms with Crippen LogP contribution in [0.1, 0.15) is 10.5 Å². The fraction of sp³-hybridized carbons (Fsp3) is 0.400. The van der Waals surface area contributed by atoms with Gasteiger partial charge in [-0.25, -0.2) is 9.48 Å². The van der Waals surface area contributed by atoms with Crippen LogP contribution in [0.5, 0.6) is 5.75 Å². The lowest BCUT2D eigenvalue weighted by Crippen LogP contribution is -2.60. The van der Waals surface area contributed by atoms with Crippen molar-refractivity contribution in [2.45, 2.75) is 30.7 Å². The Morgan fingerprint density at radius 2 is 1.85 bits per heavy atom. The molecule has 11 heteroatoms. The van der Waals surface area contributed by atoms with Crippen molar-refractivity contribution in [1.82, 2.24) is 15.0 Å². The maximum absolute atomic E-state index is 10.8. The number of carboxylic acids is 1. The number of aromatic nitrogens is 3. The molecular formula is C15H17N3O8. The van der Waals surface area contributed by atoms with E-state index < -0.39 is 43.3 Å². The summed E-state index contributed by atoms with van der Waals surface area (Å²) in [5, 5.41) is 54.6. The van der Waals surface area contributed by atoms with Gasteiger partial charge in [0.05, 0.1) is 18.5 Å². The van der Waals surface area contributed by atoms with Gasteiger partial charge in [-0.2, -0.15) is 0 Å². The number of hydrogen-bond donors (Lipinski definition) is 5. The Hall–Kier alpha value is -2.57. The second-order valence-electron chi connectivity index (χ2n) is 5.66. The molecule has 5 atom stereocenters. The first-order valence-corrected chi connectivity index (χ1v) is 7.64. The number of benzene rings is 1. The molecular weight excluding hydrogens is 350 g/mol. The third-order valence-electron chi connectivity index (χ3n) is 3.91. The minimum Gasteiger partial charge on any atom is -0.476 e. The first-order valence-electron chi connectivity index (χ1n) is 7.64. The SMILES string of the molecule is O=C(O)c1cn(-c2ccc(O[C@@H]3O[C@H](CO)[C@@H](O)[C@H](O)[C@@H]3O)cc2)nn1. The van der Waals surface area contributed by atoms with Crippen molar-refractivity contribution in [3.8, 4) is 11.4 Å². The van der Waals surface area contributed by atoms with E-state index in [4.69, 9.17) is 19.7 Å². The number of aliphatic hydroxyl groups excluding tert-OH is 4. The number of ether oxygens (including phenoxy) is 2. The van der Waals surface area contributed by atoms with E-state index in [0.29, 0.717) is 5.69 Å². The molecule has 2 heterocycles. The van der Waals surface area contributed by atoms with Crippen molar-refractivity contribution < 1.29 is 39.8 Å². The maximum atomic E-state index is 10.8. The number of aliphatic hydroxyl groups is 4. The van der Waals surface area contributed by atoms with Gasteiger partial charge < -0.3 is 35.0 Å². The van der Waals surface area contributed by atoms with Gasteiger partial charge in [0, 0.05) is 0 Å². The zero-order chi connectivity index (χ0) is 18.8. The summed E-state index contributed by atoms with van der Waals surface area (Å²) in [6, 6.07) is 6.16. The first-order chi connectivity index (χ1) is 12.4. The van der Waals surface area contributed by atoms with Gasteiger partial charge in [-0.05, 0) is 24.3 Å². The molecule has 26 heavy (non-hydrogen) atoms. The van der Waals surface area contributed by atoms with E-state index in [1.54, 1.807) is 12.1 Å². The van der Waals surface area contributed by atoms with E-state index in [9.17, 15) is 20.1 Å². The van der Waals surface area contributed by atoms with Gasteiger partial charge in [0.2, 0.25) is 6.29 Å². The number of carbonyl (C=O) groups is 1. The largest absolute Gasteiger partial charge is 0.476 e. The second kappa shape index (κ2) is 7.35. The van der Waals surface area contributed by atoms with Gasteiger partial charge in [-0.3, -0.25) is 0 Å². The third kappa shape index (κ3) is 3.52. The van der Waals surface area contributed by atoms with Gasteiger partial charge in [-0.15, -0.1) is 5.10 Å². The Morgan fingerprint density at radius 3 is 2.42 bits per heavy atom. The lowest BCUT2D eigenvalue weighted by molar-refractivity contribution is -0.277. The number of hydrogen-bond acceptors (Lipinski definition) is 9. The van der Waals surface area contributed by atoms with Crippen LogP contribution in [0.3, 0.4) is 0 Å². The van der Waals surface area contributed by atoms with Crippen LogP contribution >= 0.6 is 0 Å². The monoisotopic (exact) mass is 367 g/mol. The number of carboxylic acid groups (broad SMARTS) is 1. The van der Waals surface area contributed by atoms with E-state index in [1.807, 2.05) is 0 Å². The molecule has 0 unspecified atom stereocenters. The van der Waals surface area contributed by atoms with E-state index in [-0.39, 0.29) is 11.4 Å². The zero-order valence-electron chi connectivity index (χ0n) is 13.3. The molecule has 0 amide bonds. The zero-order valence-corrected chi connectivity index (χ0v) is 13.3. The Morgan fingerprint density at radius 1 is 1.15 bits per heavy atom. The Labute approximate surface area is 146 Å². The van der Waals surface area contributed by atoms with Crippen LogP contribution in [0.4, 0.5) is 0 Å². The Balaban J connectivity index is 1.71. The van der Waals surface area contributed by atoms with Crippen LogP contribution in [0.2, 0.25) is 0 Å². The van der Waals surface area contributed by atoms with Gasteiger partial charge in [0.1, 0.15) is 30.2 Å². The van der Waals surface area contributed by atoms with Crippen molar-refractivity contribution in [3.63, 3.8) is 0 Å². The smallest absolute Gasteiger partial charge is 0.358 e. The molecule has 5 N–H and O–H groups in total. The number of rotatable bonds is 5. The van der Waals surface area contributed by atoms with E-state index in [2.05, 4.69) is 10.3 Å². The highest BCUT2D eigenvalue weighted by Gasteiger charge is 2.44. The standard InChI is InChI=1S/C15H17N3O8/c19-6-10-11(20)12(21)13(22)15(26-10)25-8-3-1-7(2-4-8)18-5-9(14(23)24)16-17-18/h1-5,10-13,15,19-22H,6H2,(H,23,24)/t10-,11-,12+,13+,15-/m1/s1. The first kappa shape index (κ1) is 18.2. The van der Waals surface area contributed by atoms with Crippen molar-refractivity contribution in [2.24, 2.45) is 0 Å². The summed E-state index contributed by atoms with van der Waals surface area (Å²) in [7, 11) is 0. The Bertz CT molecular complexity index is 763. The molecule has 0 spiro atoms. The molecule has 1 saturated heterocycles. The van der Waals surface area contributed by atoms with Crippen LogP contribution in [0.25, 0.3) is 5.69 Å². The average Bonchev–Trinajstić information content (AvgIpc) is 3.13. The maximum Gasteiger partial charge on any atom is 0.358 e. The van der Waals surface area contributed by atoms with E-state index in [0.717, 1.165) is 0 Å². The highest BCUT2D eigenvalue weighted by molar-refractivity contribution is 5.84. The summed E-state index contributed by atoms with van der Waals surface area (Å²) in [4.78, 5) is 10.8. The summed E-state index contributed by atoms with van der Waals surface area (Å²) in [5.41, 5.74) is 0.317. The summed E-state index contributed by atoms with van der Waals surface area (Å²) in [6.07, 6.45) is -5.62. The molecule has 0 bridgehead atoms. The topological polar surface area (TPSA) is 167 Å². The molecule has 1 aliphatic rings. The average molecular weight is 367 g/mol. The second-order valence-corrected chi connectivity index (χ2v) is 5.66. The minimum atomic E-state index is -1.53. The van der Waals surface area contributed by atoms with E-state index in [1.165, 1.54) is 23.0 Å². The Kier molecular flexibility index (Phi) is 5.15. The lowest BCUT2D eigenvalue weighted by Gasteiger charge is -2.39. The van der Waals surface area contributed by atoms with Crippen molar-refractivity contribution in [3.05, 3.63) is 36.2 Å². The van der Waals surface area contributed by atoms with Crippen molar-refractivity contribution in [2.75, 3.05) is 6.61 Å². The molecule has 11 nitrogen and oxygen atoms in total. The van der Waals surface area contributed by atoms with Gasteiger partial charge in [-0.1, -0.05) is 5.21 Å². The van der Waals surface area contributed by atoms with Crippen LogP contribution < -0.4 is 4.74 Å². The number of aromatic carboxylic acids is 1. The molecule has 1 aliphatic heterocycles. The summed E-state index contributed by atoms with van der Waals surface area (Å²) < 4.78 is 12.0. The molecule has 2 aromatic rings. The lowest BCUT2D eigenvalue weighted by atomic mass is 9.99. The van der Waals surface area contributed by atoms with Crippen molar-refractivity contribution >= 4 is 5.97 Å². The highest BCUT2D eigenvalue weighted by Crippen LogP contribution is 2.24.